The van der Waals surface area contributed by atoms with Gasteiger partial charge in [-0.2, -0.15) is 0 Å². The molecule has 0 aromatic rings. The summed E-state index contributed by atoms with van der Waals surface area (Å²) >= 11 is 0. The van der Waals surface area contributed by atoms with Gasteiger partial charge >= 0.3 is 5.97 Å². The number of likely N-dealkylation sites (N-methyl/N-ethyl adjacent to an activating group) is 1. The molecule has 0 spiro atoms. The van der Waals surface area contributed by atoms with Crippen LogP contribution < -0.4 is 5.32 Å². The average molecular weight is 393 g/mol. The maximum absolute atomic E-state index is 12.4. The molecule has 2 aliphatic carbocycles. The molecule has 154 valence electrons. The molecule has 2 saturated carbocycles. The molecular formula is C19H27N3O6. The highest BCUT2D eigenvalue weighted by molar-refractivity contribution is 6.05. The lowest BCUT2D eigenvalue weighted by molar-refractivity contribution is -0.152. The lowest BCUT2D eigenvalue weighted by Crippen LogP contribution is -2.41. The van der Waals surface area contributed by atoms with Crippen LogP contribution in [0.3, 0.4) is 0 Å². The Morgan fingerprint density at radius 3 is 2.25 bits per heavy atom. The minimum atomic E-state index is -0.653. The van der Waals surface area contributed by atoms with E-state index in [1.807, 2.05) is 0 Å². The van der Waals surface area contributed by atoms with Gasteiger partial charge in [-0.25, -0.2) is 0 Å². The van der Waals surface area contributed by atoms with Crippen LogP contribution in [0.5, 0.6) is 0 Å². The zero-order chi connectivity index (χ0) is 20.3. The van der Waals surface area contributed by atoms with Gasteiger partial charge in [0.05, 0.1) is 24.8 Å². The van der Waals surface area contributed by atoms with Crippen molar-refractivity contribution in [2.75, 3.05) is 26.7 Å². The molecule has 0 bridgehead atoms. The van der Waals surface area contributed by atoms with E-state index in [1.54, 1.807) is 0 Å². The second kappa shape index (κ2) is 8.70. The fourth-order valence-electron chi connectivity index (χ4n) is 3.78. The molecule has 4 amide bonds. The van der Waals surface area contributed by atoms with Crippen LogP contribution in [-0.4, -0.2) is 72.2 Å². The lowest BCUT2D eigenvalue weighted by Gasteiger charge is -2.19. The van der Waals surface area contributed by atoms with Crippen molar-refractivity contribution in [3.63, 3.8) is 0 Å². The standard InChI is InChI=1S/C19H27N3O6/c1-21(10-15(23)20-12-6-7-12)16(24)11-28-17(25)8-9-22-18(26)13-4-2-3-5-14(13)19(22)27/h12-14H,2-11H2,1H3,(H,20,23)/t13-,14+. The Balaban J connectivity index is 1.37. The maximum Gasteiger partial charge on any atom is 0.308 e. The summed E-state index contributed by atoms with van der Waals surface area (Å²) in [6.07, 6.45) is 5.14. The van der Waals surface area contributed by atoms with Crippen molar-refractivity contribution >= 4 is 29.6 Å². The van der Waals surface area contributed by atoms with E-state index >= 15 is 0 Å². The third-order valence-electron chi connectivity index (χ3n) is 5.58. The summed E-state index contributed by atoms with van der Waals surface area (Å²) in [5.41, 5.74) is 0. The zero-order valence-corrected chi connectivity index (χ0v) is 16.1. The normalized spacial score (nSPS) is 24.0. The Kier molecular flexibility index (Phi) is 6.31. The van der Waals surface area contributed by atoms with E-state index in [4.69, 9.17) is 4.74 Å². The van der Waals surface area contributed by atoms with Crippen molar-refractivity contribution in [3.8, 4) is 0 Å². The maximum atomic E-state index is 12.4. The molecule has 0 aromatic carbocycles. The van der Waals surface area contributed by atoms with Crippen molar-refractivity contribution in [1.82, 2.24) is 15.1 Å². The van der Waals surface area contributed by atoms with Crippen LogP contribution in [0.1, 0.15) is 44.9 Å². The molecule has 2 atom stereocenters. The highest BCUT2D eigenvalue weighted by Crippen LogP contribution is 2.37. The molecule has 1 N–H and O–H groups in total. The summed E-state index contributed by atoms with van der Waals surface area (Å²) in [5.74, 6) is -2.25. The summed E-state index contributed by atoms with van der Waals surface area (Å²) in [6, 6.07) is 0.216. The first kappa shape index (κ1) is 20.3. The van der Waals surface area contributed by atoms with Crippen LogP contribution in [0.2, 0.25) is 0 Å². The van der Waals surface area contributed by atoms with Crippen LogP contribution in [0.25, 0.3) is 0 Å². The van der Waals surface area contributed by atoms with Gasteiger partial charge in [0.25, 0.3) is 5.91 Å². The van der Waals surface area contributed by atoms with Gasteiger partial charge in [-0.1, -0.05) is 12.8 Å². The largest absolute Gasteiger partial charge is 0.456 e. The van der Waals surface area contributed by atoms with Gasteiger partial charge < -0.3 is 15.0 Å². The Labute approximate surface area is 163 Å². The van der Waals surface area contributed by atoms with E-state index in [9.17, 15) is 24.0 Å². The van der Waals surface area contributed by atoms with Crippen molar-refractivity contribution in [3.05, 3.63) is 0 Å². The summed E-state index contributed by atoms with van der Waals surface area (Å²) in [5, 5.41) is 2.78. The number of rotatable bonds is 8. The van der Waals surface area contributed by atoms with Gasteiger partial charge in [0.2, 0.25) is 17.7 Å². The number of nitrogens with zero attached hydrogens (tertiary/aromatic N) is 2. The van der Waals surface area contributed by atoms with Gasteiger partial charge in [-0.3, -0.25) is 28.9 Å². The molecule has 1 heterocycles. The molecule has 3 fully saturated rings. The lowest BCUT2D eigenvalue weighted by atomic mass is 9.81. The Bertz CT molecular complexity index is 651. The first-order valence-corrected chi connectivity index (χ1v) is 9.91. The summed E-state index contributed by atoms with van der Waals surface area (Å²) < 4.78 is 4.94. The molecule has 9 nitrogen and oxygen atoms in total. The highest BCUT2D eigenvalue weighted by Gasteiger charge is 2.47. The number of carbonyl (C=O) groups excluding carboxylic acids is 5. The fourth-order valence-corrected chi connectivity index (χ4v) is 3.78. The van der Waals surface area contributed by atoms with Crippen molar-refractivity contribution < 1.29 is 28.7 Å². The molecular weight excluding hydrogens is 366 g/mol. The molecule has 0 unspecified atom stereocenters. The number of ether oxygens (including phenoxy) is 1. The minimum absolute atomic E-state index is 0.0165. The molecule has 9 heteroatoms. The number of imide groups is 1. The van der Waals surface area contributed by atoms with Gasteiger partial charge in [0, 0.05) is 19.6 Å². The highest BCUT2D eigenvalue weighted by atomic mass is 16.5. The number of fused-ring (bicyclic) bond motifs is 1. The average Bonchev–Trinajstić information content (AvgIpc) is 3.45. The van der Waals surface area contributed by atoms with Crippen LogP contribution in [-0.2, 0) is 28.7 Å². The van der Waals surface area contributed by atoms with Crippen molar-refractivity contribution in [1.29, 1.82) is 0 Å². The van der Waals surface area contributed by atoms with Crippen molar-refractivity contribution in [2.45, 2.75) is 51.0 Å². The summed E-state index contributed by atoms with van der Waals surface area (Å²) in [6.45, 7) is -0.580. The van der Waals surface area contributed by atoms with E-state index in [2.05, 4.69) is 5.32 Å². The molecule has 0 aromatic heterocycles. The van der Waals surface area contributed by atoms with Gasteiger partial charge in [0.1, 0.15) is 0 Å². The predicted octanol–water partition coefficient (Wildman–Crippen LogP) is -0.168. The van der Waals surface area contributed by atoms with E-state index in [1.165, 1.54) is 11.9 Å². The third-order valence-corrected chi connectivity index (χ3v) is 5.58. The number of likely N-dealkylation sites (tertiary alicyclic amines) is 1. The SMILES string of the molecule is CN(CC(=O)NC1CC1)C(=O)COC(=O)CCN1C(=O)[C@H]2CCCC[C@H]2C1=O. The predicted molar refractivity (Wildman–Crippen MR) is 96.5 cm³/mol. The Hall–Kier alpha value is -2.45. The van der Waals surface area contributed by atoms with Crippen LogP contribution in [0.15, 0.2) is 0 Å². The molecule has 28 heavy (non-hydrogen) atoms. The third kappa shape index (κ3) is 4.88. The monoisotopic (exact) mass is 393 g/mol. The molecule has 1 saturated heterocycles. The Morgan fingerprint density at radius 2 is 1.68 bits per heavy atom. The number of amides is 4. The smallest absolute Gasteiger partial charge is 0.308 e. The first-order chi connectivity index (χ1) is 13.4. The number of hydrogen-bond donors (Lipinski definition) is 1. The van der Waals surface area contributed by atoms with Crippen molar-refractivity contribution in [2.24, 2.45) is 11.8 Å². The van der Waals surface area contributed by atoms with Crippen LogP contribution >= 0.6 is 0 Å². The second-order valence-corrected chi connectivity index (χ2v) is 7.83. The summed E-state index contributed by atoms with van der Waals surface area (Å²) in [7, 11) is 1.46. The number of nitrogens with one attached hydrogen (secondary N) is 1. The first-order valence-electron chi connectivity index (χ1n) is 9.91. The topological polar surface area (TPSA) is 113 Å². The minimum Gasteiger partial charge on any atom is -0.456 e. The summed E-state index contributed by atoms with van der Waals surface area (Å²) in [4.78, 5) is 62.6. The van der Waals surface area contributed by atoms with Crippen LogP contribution in [0.4, 0.5) is 0 Å². The van der Waals surface area contributed by atoms with E-state index in [0.29, 0.717) is 0 Å². The van der Waals surface area contributed by atoms with Gasteiger partial charge in [-0.15, -0.1) is 0 Å². The van der Waals surface area contributed by atoms with Gasteiger partial charge in [-0.05, 0) is 25.7 Å². The van der Waals surface area contributed by atoms with Gasteiger partial charge in [0.15, 0.2) is 6.61 Å². The number of esters is 1. The molecule has 3 aliphatic rings. The molecule has 3 rings (SSSR count). The quantitative estimate of drug-likeness (QED) is 0.453. The van der Waals surface area contributed by atoms with E-state index < -0.39 is 18.5 Å². The second-order valence-electron chi connectivity index (χ2n) is 7.83. The fraction of sp³-hybridized carbons (Fsp3) is 0.737. The number of hydrogen-bond acceptors (Lipinski definition) is 6. The molecule has 0 radical (unpaired) electrons. The zero-order valence-electron chi connectivity index (χ0n) is 16.1. The van der Waals surface area contributed by atoms with E-state index in [0.717, 1.165) is 43.4 Å². The van der Waals surface area contributed by atoms with E-state index in [-0.39, 0.29) is 55.1 Å². The Morgan fingerprint density at radius 1 is 1.07 bits per heavy atom. The molecule has 1 aliphatic heterocycles. The van der Waals surface area contributed by atoms with Crippen LogP contribution in [0, 0.1) is 11.8 Å². The number of carbonyl (C=O) groups is 5.